The lowest BCUT2D eigenvalue weighted by atomic mass is 10.0. The van der Waals surface area contributed by atoms with Gasteiger partial charge in [0.25, 0.3) is 0 Å². The molecule has 3 N–H and O–H groups in total. The van der Waals surface area contributed by atoms with E-state index in [0.29, 0.717) is 5.56 Å². The number of thioether (sulfide) groups is 1. The summed E-state index contributed by atoms with van der Waals surface area (Å²) in [6.07, 6.45) is 0.788. The van der Waals surface area contributed by atoms with Crippen LogP contribution >= 0.6 is 23.1 Å². The van der Waals surface area contributed by atoms with Gasteiger partial charge in [-0.3, -0.25) is 15.1 Å². The van der Waals surface area contributed by atoms with Gasteiger partial charge in [-0.1, -0.05) is 36.0 Å². The van der Waals surface area contributed by atoms with Gasteiger partial charge in [0.05, 0.1) is 18.3 Å². The molecule has 2 aromatic carbocycles. The number of benzene rings is 2. The van der Waals surface area contributed by atoms with Crippen LogP contribution in [0.5, 0.6) is 0 Å². The Labute approximate surface area is 182 Å². The number of hydroxylamine groups is 1. The highest BCUT2D eigenvalue weighted by Gasteiger charge is 2.14. The summed E-state index contributed by atoms with van der Waals surface area (Å²) in [5, 5.41) is 25.1. The van der Waals surface area contributed by atoms with Crippen LogP contribution in [0.2, 0.25) is 0 Å². The van der Waals surface area contributed by atoms with Crippen LogP contribution in [0.1, 0.15) is 12.5 Å². The molecule has 0 aliphatic heterocycles. The molecule has 1 heterocycles. The molecule has 0 fully saturated rings. The number of rotatable bonds is 9. The van der Waals surface area contributed by atoms with Crippen molar-refractivity contribution < 1.29 is 19.5 Å². The maximum Gasteiger partial charge on any atom is 0.216 e. The predicted molar refractivity (Wildman–Crippen MR) is 117 cm³/mol. The van der Waals surface area contributed by atoms with E-state index in [1.54, 1.807) is 41.4 Å². The SMILES string of the molecule is CC(=O)NC[C@H](O)CN(O)c1ccc(-c2ccc(CSc3nccs3)cc2)c(F)c1. The molecule has 0 radical (unpaired) electrons. The van der Waals surface area contributed by atoms with Gasteiger partial charge in [0.15, 0.2) is 0 Å². The molecule has 0 saturated heterocycles. The standard InChI is InChI=1S/C21H22FN3O3S2/c1-14(26)24-11-18(27)12-25(28)17-6-7-19(20(22)10-17)16-4-2-15(3-5-16)13-30-21-23-8-9-29-21/h2-10,18,27-28H,11-13H2,1H3,(H,24,26)/t18-/m0/s1. The van der Waals surface area contributed by atoms with Crippen LogP contribution in [0, 0.1) is 5.82 Å². The monoisotopic (exact) mass is 447 g/mol. The summed E-state index contributed by atoms with van der Waals surface area (Å²) in [5.41, 5.74) is 2.49. The molecule has 158 valence electrons. The molecule has 30 heavy (non-hydrogen) atoms. The Morgan fingerprint density at radius 2 is 2.07 bits per heavy atom. The molecule has 1 atom stereocenters. The molecule has 1 amide bonds. The highest BCUT2D eigenvalue weighted by Crippen LogP contribution is 2.29. The van der Waals surface area contributed by atoms with Gasteiger partial charge in [-0.05, 0) is 23.3 Å². The zero-order valence-electron chi connectivity index (χ0n) is 16.3. The fourth-order valence-electron chi connectivity index (χ4n) is 2.74. The molecule has 0 aliphatic rings. The van der Waals surface area contributed by atoms with E-state index in [1.165, 1.54) is 13.0 Å². The number of halogens is 1. The Hall–Kier alpha value is -2.46. The van der Waals surface area contributed by atoms with Crippen LogP contribution in [0.4, 0.5) is 10.1 Å². The summed E-state index contributed by atoms with van der Waals surface area (Å²) >= 11 is 3.26. The molecule has 0 aliphatic carbocycles. The topological polar surface area (TPSA) is 85.7 Å². The van der Waals surface area contributed by atoms with Crippen molar-refractivity contribution in [3.05, 3.63) is 65.4 Å². The maximum absolute atomic E-state index is 14.7. The van der Waals surface area contributed by atoms with Gasteiger partial charge in [0.1, 0.15) is 10.2 Å². The van der Waals surface area contributed by atoms with Crippen LogP contribution < -0.4 is 10.4 Å². The molecule has 0 spiro atoms. The molecule has 3 aromatic rings. The molecule has 3 rings (SSSR count). The van der Waals surface area contributed by atoms with Crippen molar-refractivity contribution >= 4 is 34.7 Å². The Bertz CT molecular complexity index is 968. The van der Waals surface area contributed by atoms with Gasteiger partial charge >= 0.3 is 0 Å². The fourth-order valence-corrected chi connectivity index (χ4v) is 4.33. The molecule has 0 bridgehead atoms. The first kappa shape index (κ1) is 22.2. The van der Waals surface area contributed by atoms with E-state index in [4.69, 9.17) is 0 Å². The summed E-state index contributed by atoms with van der Waals surface area (Å²) in [6.45, 7) is 1.18. The first-order chi connectivity index (χ1) is 14.4. The number of nitrogens with zero attached hydrogens (tertiary/aromatic N) is 2. The Morgan fingerprint density at radius 3 is 2.70 bits per heavy atom. The Kier molecular flexibility index (Phi) is 7.81. The minimum Gasteiger partial charge on any atom is -0.389 e. The van der Waals surface area contributed by atoms with Crippen LogP contribution in [0.15, 0.2) is 58.4 Å². The lowest BCUT2D eigenvalue weighted by Crippen LogP contribution is -2.38. The minimum absolute atomic E-state index is 0.000139. The van der Waals surface area contributed by atoms with E-state index in [9.17, 15) is 19.5 Å². The smallest absolute Gasteiger partial charge is 0.216 e. The predicted octanol–water partition coefficient (Wildman–Crippen LogP) is 3.93. The average Bonchev–Trinajstić information content (AvgIpc) is 3.25. The average molecular weight is 448 g/mol. The van der Waals surface area contributed by atoms with Crippen molar-refractivity contribution in [3.63, 3.8) is 0 Å². The summed E-state index contributed by atoms with van der Waals surface area (Å²) in [4.78, 5) is 15.1. The van der Waals surface area contributed by atoms with Gasteiger partial charge in [-0.15, -0.1) is 11.3 Å². The lowest BCUT2D eigenvalue weighted by molar-refractivity contribution is -0.119. The zero-order valence-corrected chi connectivity index (χ0v) is 17.9. The molecule has 9 heteroatoms. The molecule has 0 unspecified atom stereocenters. The summed E-state index contributed by atoms with van der Waals surface area (Å²) in [6, 6.07) is 12.0. The van der Waals surface area contributed by atoms with E-state index in [1.807, 2.05) is 29.6 Å². The second-order valence-corrected chi connectivity index (χ2v) is 8.74. The quantitative estimate of drug-likeness (QED) is 0.340. The van der Waals surface area contributed by atoms with Crippen LogP contribution in [-0.4, -0.2) is 40.4 Å². The highest BCUT2D eigenvalue weighted by atomic mass is 32.2. The number of hydrogen-bond donors (Lipinski definition) is 3. The fraction of sp³-hybridized carbons (Fsp3) is 0.238. The minimum atomic E-state index is -0.989. The van der Waals surface area contributed by atoms with Crippen molar-refractivity contribution in [2.24, 2.45) is 0 Å². The van der Waals surface area contributed by atoms with Gasteiger partial charge in [-0.25, -0.2) is 9.37 Å². The maximum atomic E-state index is 14.7. The third-order valence-corrected chi connectivity index (χ3v) is 6.30. The zero-order chi connectivity index (χ0) is 21.5. The Morgan fingerprint density at radius 1 is 1.30 bits per heavy atom. The van der Waals surface area contributed by atoms with Crippen molar-refractivity contribution in [1.82, 2.24) is 10.3 Å². The van der Waals surface area contributed by atoms with Crippen LogP contribution in [-0.2, 0) is 10.5 Å². The number of nitrogens with one attached hydrogen (secondary N) is 1. The summed E-state index contributed by atoms with van der Waals surface area (Å²) in [5.74, 6) is 0.0322. The summed E-state index contributed by atoms with van der Waals surface area (Å²) < 4.78 is 15.7. The van der Waals surface area contributed by atoms with E-state index in [-0.39, 0.29) is 24.7 Å². The number of anilines is 1. The van der Waals surface area contributed by atoms with Crippen molar-refractivity contribution in [1.29, 1.82) is 0 Å². The number of carbonyl (C=O) groups is 1. The third kappa shape index (κ3) is 6.27. The van der Waals surface area contributed by atoms with E-state index in [2.05, 4.69) is 10.3 Å². The number of aromatic nitrogens is 1. The number of thiazole rings is 1. The van der Waals surface area contributed by atoms with E-state index >= 15 is 0 Å². The second kappa shape index (κ2) is 10.5. The van der Waals surface area contributed by atoms with Gasteiger partial charge in [-0.2, -0.15) is 0 Å². The largest absolute Gasteiger partial charge is 0.389 e. The first-order valence-electron chi connectivity index (χ1n) is 9.22. The van der Waals surface area contributed by atoms with Crippen molar-refractivity contribution in [2.75, 3.05) is 18.2 Å². The van der Waals surface area contributed by atoms with Crippen LogP contribution in [0.3, 0.4) is 0 Å². The highest BCUT2D eigenvalue weighted by molar-refractivity contribution is 8.00. The lowest BCUT2D eigenvalue weighted by Gasteiger charge is -2.21. The number of aliphatic hydroxyl groups is 1. The van der Waals surface area contributed by atoms with Crippen molar-refractivity contribution in [2.45, 2.75) is 23.1 Å². The number of hydrogen-bond acceptors (Lipinski definition) is 7. The molecule has 1 aromatic heterocycles. The van der Waals surface area contributed by atoms with Gasteiger partial charge < -0.3 is 10.4 Å². The molecule has 0 saturated carbocycles. The molecular weight excluding hydrogens is 425 g/mol. The van der Waals surface area contributed by atoms with E-state index < -0.39 is 11.9 Å². The summed E-state index contributed by atoms with van der Waals surface area (Å²) in [7, 11) is 0. The Balaban J connectivity index is 1.62. The van der Waals surface area contributed by atoms with E-state index in [0.717, 1.165) is 26.3 Å². The first-order valence-corrected chi connectivity index (χ1v) is 11.1. The van der Waals surface area contributed by atoms with Crippen molar-refractivity contribution in [3.8, 4) is 11.1 Å². The number of aliphatic hydroxyl groups excluding tert-OH is 1. The normalized spacial score (nSPS) is 11.9. The molecule has 6 nitrogen and oxygen atoms in total. The molecular formula is C21H22FN3O3S2. The van der Waals surface area contributed by atoms with Gasteiger partial charge in [0, 0.05) is 42.4 Å². The second-order valence-electron chi connectivity index (χ2n) is 6.62. The third-order valence-electron chi connectivity index (χ3n) is 4.26. The number of carbonyl (C=O) groups excluding carboxylic acids is 1. The van der Waals surface area contributed by atoms with Crippen LogP contribution in [0.25, 0.3) is 11.1 Å². The number of amides is 1. The van der Waals surface area contributed by atoms with Gasteiger partial charge in [0.2, 0.25) is 5.91 Å².